The second-order valence-corrected chi connectivity index (χ2v) is 6.47. The highest BCUT2D eigenvalue weighted by Gasteiger charge is 2.30. The Hall–Kier alpha value is -1.79. The van der Waals surface area contributed by atoms with Crippen molar-refractivity contribution >= 4 is 22.0 Å². The van der Waals surface area contributed by atoms with Crippen molar-refractivity contribution in [1.29, 1.82) is 0 Å². The van der Waals surface area contributed by atoms with E-state index in [-0.39, 0.29) is 12.1 Å². The van der Waals surface area contributed by atoms with E-state index < -0.39 is 0 Å². The molecular formula is C16H19BrN4O. The van der Waals surface area contributed by atoms with Gasteiger partial charge in [-0.05, 0) is 29.3 Å². The molecule has 0 radical (unpaired) electrons. The second-order valence-electron chi connectivity index (χ2n) is 5.55. The van der Waals surface area contributed by atoms with Crippen LogP contribution in [-0.4, -0.2) is 40.4 Å². The van der Waals surface area contributed by atoms with E-state index in [1.807, 2.05) is 18.5 Å². The van der Waals surface area contributed by atoms with Gasteiger partial charge in [-0.25, -0.2) is 4.79 Å². The quantitative estimate of drug-likeness (QED) is 0.881. The van der Waals surface area contributed by atoms with Crippen LogP contribution in [0.25, 0.3) is 0 Å². The molecule has 1 unspecified atom stereocenters. The van der Waals surface area contributed by atoms with Crippen LogP contribution < -0.4 is 5.73 Å². The van der Waals surface area contributed by atoms with E-state index in [1.54, 1.807) is 4.90 Å². The van der Waals surface area contributed by atoms with Crippen LogP contribution in [0.15, 0.2) is 47.2 Å². The summed E-state index contributed by atoms with van der Waals surface area (Å²) in [5.74, 6) is 0. The molecule has 0 bridgehead atoms. The first-order valence-electron chi connectivity index (χ1n) is 7.29. The highest BCUT2D eigenvalue weighted by atomic mass is 79.9. The van der Waals surface area contributed by atoms with Crippen LogP contribution in [0.5, 0.6) is 0 Å². The Bertz CT molecular complexity index is 626. The first kappa shape index (κ1) is 15.1. The number of hydrogen-bond acceptors (Lipinski definition) is 2. The number of carbonyl (C=O) groups excluding carboxylic acids is 1. The summed E-state index contributed by atoms with van der Waals surface area (Å²) in [7, 11) is 0. The maximum atomic E-state index is 11.7. The molecule has 1 saturated heterocycles. The van der Waals surface area contributed by atoms with Crippen molar-refractivity contribution in [2.75, 3.05) is 19.6 Å². The zero-order valence-electron chi connectivity index (χ0n) is 12.2. The number of benzene rings is 1. The first-order valence-corrected chi connectivity index (χ1v) is 8.08. The van der Waals surface area contributed by atoms with Gasteiger partial charge in [0.1, 0.15) is 0 Å². The standard InChI is InChI=1S/C16H19BrN4O/c17-14-3-1-12(2-4-14)10-20-7-8-21(16(18)22)15(11-20)13-5-6-19-9-13/h1-6,9,15,19H,7-8,10-11H2,(H2,18,22). The lowest BCUT2D eigenvalue weighted by atomic mass is 10.1. The van der Waals surface area contributed by atoms with Crippen molar-refractivity contribution in [3.8, 4) is 0 Å². The third kappa shape index (κ3) is 3.34. The van der Waals surface area contributed by atoms with Crippen LogP contribution in [0, 0.1) is 0 Å². The van der Waals surface area contributed by atoms with E-state index >= 15 is 0 Å². The number of rotatable bonds is 3. The van der Waals surface area contributed by atoms with E-state index in [0.717, 1.165) is 29.7 Å². The normalized spacial score (nSPS) is 19.3. The average Bonchev–Trinajstić information content (AvgIpc) is 3.03. The van der Waals surface area contributed by atoms with Crippen LogP contribution in [0.4, 0.5) is 4.79 Å². The summed E-state index contributed by atoms with van der Waals surface area (Å²) in [4.78, 5) is 18.8. The number of carbonyl (C=O) groups is 1. The Morgan fingerprint density at radius 1 is 1.27 bits per heavy atom. The number of aromatic nitrogens is 1. The van der Waals surface area contributed by atoms with E-state index in [9.17, 15) is 4.79 Å². The fraction of sp³-hybridized carbons (Fsp3) is 0.312. The molecule has 0 aliphatic carbocycles. The minimum absolute atomic E-state index is 0.00736. The Morgan fingerprint density at radius 2 is 2.05 bits per heavy atom. The Kier molecular flexibility index (Phi) is 4.49. The molecule has 2 heterocycles. The van der Waals surface area contributed by atoms with Gasteiger partial charge < -0.3 is 15.6 Å². The summed E-state index contributed by atoms with van der Waals surface area (Å²) in [6.45, 7) is 3.15. The number of aromatic amines is 1. The zero-order valence-corrected chi connectivity index (χ0v) is 13.8. The van der Waals surface area contributed by atoms with Gasteiger partial charge >= 0.3 is 6.03 Å². The lowest BCUT2D eigenvalue weighted by Gasteiger charge is -2.40. The number of nitrogens with one attached hydrogen (secondary N) is 1. The van der Waals surface area contributed by atoms with Gasteiger partial charge in [0.2, 0.25) is 0 Å². The molecule has 1 aliphatic heterocycles. The third-order valence-corrected chi connectivity index (χ3v) is 4.60. The van der Waals surface area contributed by atoms with Crippen LogP contribution >= 0.6 is 15.9 Å². The van der Waals surface area contributed by atoms with E-state index in [1.165, 1.54) is 5.56 Å². The van der Waals surface area contributed by atoms with Crippen molar-refractivity contribution in [2.24, 2.45) is 5.73 Å². The molecule has 22 heavy (non-hydrogen) atoms. The van der Waals surface area contributed by atoms with E-state index in [2.05, 4.69) is 50.1 Å². The predicted molar refractivity (Wildman–Crippen MR) is 89.2 cm³/mol. The van der Waals surface area contributed by atoms with Crippen LogP contribution in [0.2, 0.25) is 0 Å². The summed E-state index contributed by atoms with van der Waals surface area (Å²) in [5, 5.41) is 0. The summed E-state index contributed by atoms with van der Waals surface area (Å²) >= 11 is 3.46. The summed E-state index contributed by atoms with van der Waals surface area (Å²) in [6, 6.07) is 10.0. The molecule has 1 aromatic heterocycles. The fourth-order valence-corrected chi connectivity index (χ4v) is 3.19. The van der Waals surface area contributed by atoms with E-state index in [4.69, 9.17) is 5.73 Å². The van der Waals surface area contributed by atoms with Gasteiger partial charge in [0.25, 0.3) is 0 Å². The van der Waals surface area contributed by atoms with Gasteiger partial charge in [-0.3, -0.25) is 4.90 Å². The van der Waals surface area contributed by atoms with Crippen molar-refractivity contribution < 1.29 is 4.79 Å². The van der Waals surface area contributed by atoms with Gasteiger partial charge in [0.05, 0.1) is 6.04 Å². The molecule has 3 N–H and O–H groups in total. The molecule has 1 aromatic carbocycles. The largest absolute Gasteiger partial charge is 0.367 e. The number of nitrogens with two attached hydrogens (primary N) is 1. The monoisotopic (exact) mass is 362 g/mol. The highest BCUT2D eigenvalue weighted by Crippen LogP contribution is 2.26. The molecular weight excluding hydrogens is 344 g/mol. The molecule has 1 fully saturated rings. The smallest absolute Gasteiger partial charge is 0.315 e. The maximum Gasteiger partial charge on any atom is 0.315 e. The predicted octanol–water partition coefficient (Wildman–Crippen LogP) is 2.71. The SMILES string of the molecule is NC(=O)N1CCN(Cc2ccc(Br)cc2)CC1c1cc[nH]c1. The topological polar surface area (TPSA) is 65.4 Å². The van der Waals surface area contributed by atoms with Gasteiger partial charge in [0, 0.05) is 43.0 Å². The Balaban J connectivity index is 1.73. The highest BCUT2D eigenvalue weighted by molar-refractivity contribution is 9.10. The lowest BCUT2D eigenvalue weighted by Crippen LogP contribution is -2.51. The number of primary amides is 1. The Morgan fingerprint density at radius 3 is 2.68 bits per heavy atom. The van der Waals surface area contributed by atoms with Gasteiger partial charge in [-0.15, -0.1) is 0 Å². The van der Waals surface area contributed by atoms with Crippen molar-refractivity contribution in [1.82, 2.24) is 14.8 Å². The average molecular weight is 363 g/mol. The maximum absolute atomic E-state index is 11.7. The van der Waals surface area contributed by atoms with E-state index in [0.29, 0.717) is 6.54 Å². The number of halogens is 1. The Labute approximate surface area is 138 Å². The number of amides is 2. The minimum atomic E-state index is -0.352. The van der Waals surface area contributed by atoms with Crippen molar-refractivity contribution in [3.63, 3.8) is 0 Å². The number of nitrogens with zero attached hydrogens (tertiary/aromatic N) is 2. The zero-order chi connectivity index (χ0) is 15.5. The molecule has 2 aromatic rings. The van der Waals surface area contributed by atoms with Crippen molar-refractivity contribution in [2.45, 2.75) is 12.6 Å². The van der Waals surface area contributed by atoms with Crippen LogP contribution in [0.1, 0.15) is 17.2 Å². The molecule has 0 saturated carbocycles. The number of urea groups is 1. The molecule has 5 nitrogen and oxygen atoms in total. The van der Waals surface area contributed by atoms with Gasteiger partial charge in [-0.2, -0.15) is 0 Å². The summed E-state index contributed by atoms with van der Waals surface area (Å²) < 4.78 is 1.08. The summed E-state index contributed by atoms with van der Waals surface area (Å²) in [5.41, 5.74) is 7.90. The molecule has 1 atom stereocenters. The van der Waals surface area contributed by atoms with Gasteiger partial charge in [0.15, 0.2) is 0 Å². The third-order valence-electron chi connectivity index (χ3n) is 4.07. The number of piperazine rings is 1. The molecule has 2 amide bonds. The second kappa shape index (κ2) is 6.54. The molecule has 3 rings (SSSR count). The number of H-pyrrole nitrogens is 1. The molecule has 116 valence electrons. The fourth-order valence-electron chi connectivity index (χ4n) is 2.92. The van der Waals surface area contributed by atoms with Crippen molar-refractivity contribution in [3.05, 3.63) is 58.3 Å². The first-order chi connectivity index (χ1) is 10.6. The van der Waals surface area contributed by atoms with Crippen LogP contribution in [0.3, 0.4) is 0 Å². The molecule has 6 heteroatoms. The number of hydrogen-bond donors (Lipinski definition) is 2. The minimum Gasteiger partial charge on any atom is -0.367 e. The lowest BCUT2D eigenvalue weighted by molar-refractivity contribution is 0.0939. The van der Waals surface area contributed by atoms with Gasteiger partial charge in [-0.1, -0.05) is 28.1 Å². The molecule has 0 spiro atoms. The molecule has 1 aliphatic rings. The summed E-state index contributed by atoms with van der Waals surface area (Å²) in [6.07, 6.45) is 3.81. The van der Waals surface area contributed by atoms with Crippen LogP contribution in [-0.2, 0) is 6.54 Å².